The summed E-state index contributed by atoms with van der Waals surface area (Å²) < 4.78 is 4.99. The topological polar surface area (TPSA) is 86.6 Å². The first-order valence-electron chi connectivity index (χ1n) is 9.26. The third-order valence-corrected chi connectivity index (χ3v) is 4.22. The van der Waals surface area contributed by atoms with E-state index < -0.39 is 0 Å². The van der Waals surface area contributed by atoms with Gasteiger partial charge in [0.2, 0.25) is 0 Å². The van der Waals surface area contributed by atoms with Gasteiger partial charge in [-0.05, 0) is 36.3 Å². The van der Waals surface area contributed by atoms with Crippen molar-refractivity contribution in [2.75, 3.05) is 26.2 Å². The largest absolute Gasteiger partial charge is 0.459 e. The highest BCUT2D eigenvalue weighted by atomic mass is 16.3. The van der Waals surface area contributed by atoms with Gasteiger partial charge in [0.15, 0.2) is 5.76 Å². The predicted octanol–water partition coefficient (Wildman–Crippen LogP) is 2.35. The second-order valence-electron chi connectivity index (χ2n) is 6.12. The van der Waals surface area contributed by atoms with Crippen LogP contribution in [0, 0.1) is 0 Å². The summed E-state index contributed by atoms with van der Waals surface area (Å²) in [5.74, 6) is -0.0455. The second-order valence-corrected chi connectivity index (χ2v) is 6.12. The molecule has 27 heavy (non-hydrogen) atoms. The summed E-state index contributed by atoms with van der Waals surface area (Å²) in [6.07, 6.45) is 1.44. The molecule has 0 aliphatic carbocycles. The molecule has 0 saturated carbocycles. The van der Waals surface area contributed by atoms with E-state index in [-0.39, 0.29) is 17.7 Å². The molecule has 1 aromatic heterocycles. The minimum absolute atomic E-state index is 0.254. The molecular formula is C20H28N4O3. The van der Waals surface area contributed by atoms with Crippen LogP contribution in [-0.4, -0.2) is 43.0 Å². The first-order chi connectivity index (χ1) is 13.1. The summed E-state index contributed by atoms with van der Waals surface area (Å²) in [7, 11) is 0. The maximum absolute atomic E-state index is 11.8. The van der Waals surface area contributed by atoms with Gasteiger partial charge in [0.1, 0.15) is 0 Å². The summed E-state index contributed by atoms with van der Waals surface area (Å²) in [6, 6.07) is 11.2. The third-order valence-electron chi connectivity index (χ3n) is 4.22. The molecule has 0 atom stereocenters. The molecule has 3 N–H and O–H groups in total. The first kappa shape index (κ1) is 20.5. The normalized spacial score (nSPS) is 10.6. The van der Waals surface area contributed by atoms with Crippen molar-refractivity contribution >= 4 is 11.9 Å². The van der Waals surface area contributed by atoms with Gasteiger partial charge < -0.3 is 20.4 Å². The molecule has 0 bridgehead atoms. The fourth-order valence-electron chi connectivity index (χ4n) is 2.56. The number of urea groups is 1. The summed E-state index contributed by atoms with van der Waals surface area (Å²) in [6.45, 7) is 8.42. The van der Waals surface area contributed by atoms with Crippen LogP contribution in [0.25, 0.3) is 0 Å². The van der Waals surface area contributed by atoms with Crippen LogP contribution in [-0.2, 0) is 13.1 Å². The Balaban J connectivity index is 1.63. The van der Waals surface area contributed by atoms with E-state index in [2.05, 4.69) is 46.8 Å². The van der Waals surface area contributed by atoms with Gasteiger partial charge in [-0.3, -0.25) is 9.69 Å². The molecule has 1 aromatic carbocycles. The van der Waals surface area contributed by atoms with Crippen LogP contribution in [0.4, 0.5) is 4.79 Å². The lowest BCUT2D eigenvalue weighted by molar-refractivity contribution is 0.0926. The number of rotatable bonds is 10. The van der Waals surface area contributed by atoms with Crippen molar-refractivity contribution in [2.24, 2.45) is 0 Å². The van der Waals surface area contributed by atoms with Crippen molar-refractivity contribution < 1.29 is 14.0 Å². The Labute approximate surface area is 160 Å². The molecule has 0 spiro atoms. The summed E-state index contributed by atoms with van der Waals surface area (Å²) in [5.41, 5.74) is 2.30. The van der Waals surface area contributed by atoms with E-state index >= 15 is 0 Å². The molecule has 0 saturated heterocycles. The van der Waals surface area contributed by atoms with Crippen molar-refractivity contribution in [2.45, 2.75) is 26.9 Å². The zero-order chi connectivity index (χ0) is 19.5. The summed E-state index contributed by atoms with van der Waals surface area (Å²) in [5, 5.41) is 8.18. The Morgan fingerprint density at radius 1 is 0.926 bits per heavy atom. The fraction of sp³-hybridized carbons (Fsp3) is 0.400. The molecule has 146 valence electrons. The fourth-order valence-corrected chi connectivity index (χ4v) is 2.56. The van der Waals surface area contributed by atoms with Crippen LogP contribution in [0.5, 0.6) is 0 Å². The van der Waals surface area contributed by atoms with Crippen LogP contribution in [0.15, 0.2) is 47.1 Å². The molecule has 3 amide bonds. The van der Waals surface area contributed by atoms with E-state index in [1.54, 1.807) is 12.1 Å². The lowest BCUT2D eigenvalue weighted by Crippen LogP contribution is -2.39. The number of hydrogen-bond acceptors (Lipinski definition) is 4. The molecule has 0 fully saturated rings. The van der Waals surface area contributed by atoms with E-state index in [1.165, 1.54) is 11.8 Å². The highest BCUT2D eigenvalue weighted by Gasteiger charge is 2.07. The number of hydrogen-bond donors (Lipinski definition) is 3. The monoisotopic (exact) mass is 372 g/mol. The molecule has 0 aliphatic heterocycles. The zero-order valence-electron chi connectivity index (χ0n) is 16.0. The molecule has 7 heteroatoms. The maximum Gasteiger partial charge on any atom is 0.315 e. The summed E-state index contributed by atoms with van der Waals surface area (Å²) in [4.78, 5) is 25.8. The zero-order valence-corrected chi connectivity index (χ0v) is 16.0. The van der Waals surface area contributed by atoms with Gasteiger partial charge in [0, 0.05) is 26.2 Å². The van der Waals surface area contributed by atoms with Crippen LogP contribution < -0.4 is 16.0 Å². The Hall–Kier alpha value is -2.80. The Morgan fingerprint density at radius 3 is 2.22 bits per heavy atom. The van der Waals surface area contributed by atoms with Crippen molar-refractivity contribution in [3.63, 3.8) is 0 Å². The Bertz CT molecular complexity index is 695. The van der Waals surface area contributed by atoms with Gasteiger partial charge in [-0.25, -0.2) is 4.79 Å². The number of nitrogens with zero attached hydrogens (tertiary/aromatic N) is 1. The van der Waals surface area contributed by atoms with Crippen LogP contribution in [0.1, 0.15) is 35.5 Å². The van der Waals surface area contributed by atoms with Gasteiger partial charge in [0.25, 0.3) is 5.91 Å². The number of furan rings is 1. The van der Waals surface area contributed by atoms with Crippen LogP contribution in [0.2, 0.25) is 0 Å². The Kier molecular flexibility index (Phi) is 8.38. The molecule has 0 radical (unpaired) electrons. The summed E-state index contributed by atoms with van der Waals surface area (Å²) >= 11 is 0. The molecule has 7 nitrogen and oxygen atoms in total. The lowest BCUT2D eigenvalue weighted by Gasteiger charge is -2.18. The highest BCUT2D eigenvalue weighted by Crippen LogP contribution is 2.07. The van der Waals surface area contributed by atoms with E-state index in [9.17, 15) is 9.59 Å². The average molecular weight is 372 g/mol. The minimum Gasteiger partial charge on any atom is -0.459 e. The van der Waals surface area contributed by atoms with Crippen molar-refractivity contribution in [1.82, 2.24) is 20.9 Å². The molecule has 2 rings (SSSR count). The number of amides is 3. The van der Waals surface area contributed by atoms with Crippen molar-refractivity contribution in [3.05, 3.63) is 59.5 Å². The van der Waals surface area contributed by atoms with Gasteiger partial charge in [-0.2, -0.15) is 0 Å². The molecule has 0 unspecified atom stereocenters. The number of carbonyl (C=O) groups is 2. The highest BCUT2D eigenvalue weighted by molar-refractivity contribution is 5.91. The van der Waals surface area contributed by atoms with Gasteiger partial charge in [-0.1, -0.05) is 38.1 Å². The maximum atomic E-state index is 11.8. The standard InChI is InChI=1S/C20H28N4O3/c1-3-24(4-2)15-17-9-7-16(8-10-17)14-23-20(26)22-12-11-21-19(25)18-6-5-13-27-18/h5-10,13H,3-4,11-12,14-15H2,1-2H3,(H,21,25)(H2,22,23,26). The SMILES string of the molecule is CCN(CC)Cc1ccc(CNC(=O)NCCNC(=O)c2ccco2)cc1. The van der Waals surface area contributed by atoms with Crippen LogP contribution in [0.3, 0.4) is 0 Å². The van der Waals surface area contributed by atoms with Crippen LogP contribution >= 0.6 is 0 Å². The average Bonchev–Trinajstić information content (AvgIpc) is 3.23. The lowest BCUT2D eigenvalue weighted by atomic mass is 10.1. The van der Waals surface area contributed by atoms with E-state index in [1.807, 2.05) is 12.1 Å². The predicted molar refractivity (Wildman–Crippen MR) is 104 cm³/mol. The molecule has 0 aliphatic rings. The van der Waals surface area contributed by atoms with E-state index in [4.69, 9.17) is 4.42 Å². The smallest absolute Gasteiger partial charge is 0.315 e. The minimum atomic E-state index is -0.299. The third kappa shape index (κ3) is 7.15. The Morgan fingerprint density at radius 2 is 1.59 bits per heavy atom. The number of benzene rings is 1. The molecule has 1 heterocycles. The second kappa shape index (κ2) is 11.0. The van der Waals surface area contributed by atoms with Gasteiger partial charge in [-0.15, -0.1) is 0 Å². The van der Waals surface area contributed by atoms with Gasteiger partial charge in [0.05, 0.1) is 6.26 Å². The molecular weight excluding hydrogens is 344 g/mol. The van der Waals surface area contributed by atoms with Crippen molar-refractivity contribution in [3.8, 4) is 0 Å². The first-order valence-corrected chi connectivity index (χ1v) is 9.26. The number of nitrogens with one attached hydrogen (secondary N) is 3. The van der Waals surface area contributed by atoms with E-state index in [0.717, 1.165) is 25.2 Å². The van der Waals surface area contributed by atoms with E-state index in [0.29, 0.717) is 19.6 Å². The number of carbonyl (C=O) groups excluding carboxylic acids is 2. The molecule has 2 aromatic rings. The van der Waals surface area contributed by atoms with Crippen molar-refractivity contribution in [1.29, 1.82) is 0 Å². The van der Waals surface area contributed by atoms with Gasteiger partial charge >= 0.3 is 6.03 Å². The quantitative estimate of drug-likeness (QED) is 0.559.